The number of carbonyl (C=O) groups is 1. The lowest BCUT2D eigenvalue weighted by Crippen LogP contribution is -2.42. The molecule has 3 rings (SSSR count). The first-order chi connectivity index (χ1) is 12.7. The molecule has 1 atom stereocenters. The number of aryl methyl sites for hydroxylation is 1. The minimum atomic E-state index is -0.162. The predicted octanol–water partition coefficient (Wildman–Crippen LogP) is 3.56. The van der Waals surface area contributed by atoms with Crippen LogP contribution in [0, 0.1) is 0 Å². The molecule has 0 aliphatic heterocycles. The Morgan fingerprint density at radius 3 is 2.85 bits per heavy atom. The quantitative estimate of drug-likeness (QED) is 0.542. The van der Waals surface area contributed by atoms with Gasteiger partial charge < -0.3 is 20.4 Å². The van der Waals surface area contributed by atoms with E-state index in [1.807, 2.05) is 55.5 Å². The molecule has 3 aromatic rings. The molecule has 0 aliphatic carbocycles. The summed E-state index contributed by atoms with van der Waals surface area (Å²) in [6.45, 7) is 3.12. The summed E-state index contributed by atoms with van der Waals surface area (Å²) < 4.78 is 5.29. The fraction of sp³-hybridized carbons (Fsp3) is 0.300. The van der Waals surface area contributed by atoms with E-state index in [0.29, 0.717) is 13.1 Å². The van der Waals surface area contributed by atoms with E-state index in [0.717, 1.165) is 35.3 Å². The first kappa shape index (κ1) is 17.8. The van der Waals surface area contributed by atoms with Gasteiger partial charge in [0.05, 0.1) is 11.8 Å². The van der Waals surface area contributed by atoms with Crippen LogP contribution in [0.15, 0.2) is 59.2 Å². The highest BCUT2D eigenvalue weighted by Crippen LogP contribution is 2.14. The number of pyridine rings is 1. The average molecular weight is 352 g/mol. The molecule has 0 spiro atoms. The van der Waals surface area contributed by atoms with Crippen LogP contribution in [0.4, 0.5) is 10.6 Å². The zero-order valence-electron chi connectivity index (χ0n) is 14.9. The molecule has 26 heavy (non-hydrogen) atoms. The third kappa shape index (κ3) is 5.24. The zero-order valence-corrected chi connectivity index (χ0v) is 14.9. The average Bonchev–Trinajstić information content (AvgIpc) is 3.17. The van der Waals surface area contributed by atoms with Crippen molar-refractivity contribution in [2.24, 2.45) is 0 Å². The van der Waals surface area contributed by atoms with Crippen LogP contribution in [0.5, 0.6) is 0 Å². The number of nitrogens with one attached hydrogen (secondary N) is 3. The molecule has 2 amide bonds. The van der Waals surface area contributed by atoms with E-state index in [4.69, 9.17) is 4.42 Å². The first-order valence-electron chi connectivity index (χ1n) is 8.87. The van der Waals surface area contributed by atoms with Crippen molar-refractivity contribution < 1.29 is 9.21 Å². The van der Waals surface area contributed by atoms with Gasteiger partial charge in [0.25, 0.3) is 0 Å². The van der Waals surface area contributed by atoms with Crippen LogP contribution in [-0.2, 0) is 6.42 Å². The molecule has 1 unspecified atom stereocenters. The van der Waals surface area contributed by atoms with Crippen molar-refractivity contribution in [3.8, 4) is 0 Å². The van der Waals surface area contributed by atoms with Crippen molar-refractivity contribution in [2.75, 3.05) is 18.4 Å². The van der Waals surface area contributed by atoms with Gasteiger partial charge >= 0.3 is 6.03 Å². The maximum atomic E-state index is 11.9. The van der Waals surface area contributed by atoms with Crippen LogP contribution in [-0.4, -0.2) is 30.1 Å². The van der Waals surface area contributed by atoms with Gasteiger partial charge in [-0.2, -0.15) is 0 Å². The van der Waals surface area contributed by atoms with Gasteiger partial charge in [-0.15, -0.1) is 0 Å². The number of nitrogens with zero attached hydrogens (tertiary/aromatic N) is 1. The molecule has 0 fully saturated rings. The van der Waals surface area contributed by atoms with Crippen molar-refractivity contribution in [1.82, 2.24) is 15.6 Å². The molecular weight excluding hydrogens is 328 g/mol. The molecule has 2 aromatic heterocycles. The predicted molar refractivity (Wildman–Crippen MR) is 103 cm³/mol. The Hall–Kier alpha value is -3.02. The number of amides is 2. The van der Waals surface area contributed by atoms with Crippen molar-refractivity contribution in [3.63, 3.8) is 0 Å². The van der Waals surface area contributed by atoms with Crippen molar-refractivity contribution in [1.29, 1.82) is 0 Å². The summed E-state index contributed by atoms with van der Waals surface area (Å²) in [6, 6.07) is 15.7. The monoisotopic (exact) mass is 352 g/mol. The summed E-state index contributed by atoms with van der Waals surface area (Å²) in [5, 5.41) is 10.1. The molecule has 3 N–H and O–H groups in total. The van der Waals surface area contributed by atoms with Crippen LogP contribution < -0.4 is 16.0 Å². The van der Waals surface area contributed by atoms with E-state index in [9.17, 15) is 4.79 Å². The molecule has 2 heterocycles. The topological polar surface area (TPSA) is 79.2 Å². The van der Waals surface area contributed by atoms with Gasteiger partial charge in [-0.25, -0.2) is 9.78 Å². The van der Waals surface area contributed by atoms with E-state index in [1.54, 1.807) is 6.26 Å². The first-order valence-corrected chi connectivity index (χ1v) is 8.87. The molecule has 136 valence electrons. The minimum Gasteiger partial charge on any atom is -0.469 e. The third-order valence-corrected chi connectivity index (χ3v) is 4.10. The standard InChI is InChI=1S/C20H24N4O2/c1-15(8-10-17-6-4-14-26-17)23-20(25)22-13-12-21-19-11-9-16-5-2-3-7-18(16)24-19/h2-7,9,11,14-15H,8,10,12-13H2,1H3,(H,21,24)(H2,22,23,25). The lowest BCUT2D eigenvalue weighted by Gasteiger charge is -2.14. The second-order valence-electron chi connectivity index (χ2n) is 6.24. The van der Waals surface area contributed by atoms with Gasteiger partial charge in [0.15, 0.2) is 0 Å². The summed E-state index contributed by atoms with van der Waals surface area (Å²) in [5.41, 5.74) is 0.952. The number of benzene rings is 1. The maximum absolute atomic E-state index is 11.9. The Bertz CT molecular complexity index is 833. The molecule has 0 saturated heterocycles. The number of fused-ring (bicyclic) bond motifs is 1. The number of carbonyl (C=O) groups excluding carboxylic acids is 1. The second-order valence-corrected chi connectivity index (χ2v) is 6.24. The molecule has 0 aliphatic rings. The van der Waals surface area contributed by atoms with E-state index < -0.39 is 0 Å². The third-order valence-electron chi connectivity index (χ3n) is 4.10. The molecule has 6 heteroatoms. The van der Waals surface area contributed by atoms with Crippen molar-refractivity contribution in [2.45, 2.75) is 25.8 Å². The number of anilines is 1. The van der Waals surface area contributed by atoms with Crippen molar-refractivity contribution >= 4 is 22.8 Å². The summed E-state index contributed by atoms with van der Waals surface area (Å²) in [5.74, 6) is 1.74. The van der Waals surface area contributed by atoms with Gasteiger partial charge in [-0.05, 0) is 43.7 Å². The van der Waals surface area contributed by atoms with E-state index in [-0.39, 0.29) is 12.1 Å². The Morgan fingerprint density at radius 2 is 2.00 bits per heavy atom. The van der Waals surface area contributed by atoms with Crippen LogP contribution in [0.3, 0.4) is 0 Å². The Morgan fingerprint density at radius 1 is 1.12 bits per heavy atom. The number of furan rings is 1. The normalized spacial score (nSPS) is 11.9. The number of aromatic nitrogens is 1. The summed E-state index contributed by atoms with van der Waals surface area (Å²) in [4.78, 5) is 16.5. The number of hydrogen-bond donors (Lipinski definition) is 3. The minimum absolute atomic E-state index is 0.0789. The van der Waals surface area contributed by atoms with E-state index in [2.05, 4.69) is 20.9 Å². The van der Waals surface area contributed by atoms with Gasteiger partial charge in [-0.3, -0.25) is 0 Å². The van der Waals surface area contributed by atoms with Crippen LogP contribution in [0.2, 0.25) is 0 Å². The zero-order chi connectivity index (χ0) is 18.2. The number of rotatable bonds is 8. The van der Waals surface area contributed by atoms with Gasteiger partial charge in [0.2, 0.25) is 0 Å². The molecule has 0 saturated carbocycles. The molecule has 0 radical (unpaired) electrons. The highest BCUT2D eigenvalue weighted by molar-refractivity contribution is 5.80. The largest absolute Gasteiger partial charge is 0.469 e. The van der Waals surface area contributed by atoms with Gasteiger partial charge in [-0.1, -0.05) is 18.2 Å². The number of urea groups is 1. The van der Waals surface area contributed by atoms with Crippen LogP contribution >= 0.6 is 0 Å². The fourth-order valence-corrected chi connectivity index (χ4v) is 2.69. The Labute approximate surface area is 153 Å². The van der Waals surface area contributed by atoms with Crippen LogP contribution in [0.25, 0.3) is 10.9 Å². The second kappa shape index (κ2) is 8.89. The SMILES string of the molecule is CC(CCc1ccco1)NC(=O)NCCNc1ccc2ccccc2n1. The smallest absolute Gasteiger partial charge is 0.315 e. The summed E-state index contributed by atoms with van der Waals surface area (Å²) >= 11 is 0. The number of hydrogen-bond acceptors (Lipinski definition) is 4. The number of para-hydroxylation sites is 1. The molecule has 0 bridgehead atoms. The van der Waals surface area contributed by atoms with Crippen molar-refractivity contribution in [3.05, 3.63) is 60.6 Å². The highest BCUT2D eigenvalue weighted by Gasteiger charge is 2.07. The Kier molecular flexibility index (Phi) is 6.09. The van der Waals surface area contributed by atoms with Gasteiger partial charge in [0.1, 0.15) is 11.6 Å². The fourth-order valence-electron chi connectivity index (χ4n) is 2.69. The summed E-state index contributed by atoms with van der Waals surface area (Å²) in [7, 11) is 0. The molecule has 1 aromatic carbocycles. The lowest BCUT2D eigenvalue weighted by atomic mass is 10.1. The highest BCUT2D eigenvalue weighted by atomic mass is 16.3. The molecular formula is C20H24N4O2. The summed E-state index contributed by atoms with van der Waals surface area (Å²) in [6.07, 6.45) is 3.31. The lowest BCUT2D eigenvalue weighted by molar-refractivity contribution is 0.237. The van der Waals surface area contributed by atoms with E-state index in [1.165, 1.54) is 0 Å². The van der Waals surface area contributed by atoms with E-state index >= 15 is 0 Å². The molecule has 6 nitrogen and oxygen atoms in total. The maximum Gasteiger partial charge on any atom is 0.315 e. The Balaban J connectivity index is 1.34. The van der Waals surface area contributed by atoms with Crippen LogP contribution in [0.1, 0.15) is 19.1 Å². The van der Waals surface area contributed by atoms with Gasteiger partial charge in [0, 0.05) is 30.9 Å².